The fourth-order valence-corrected chi connectivity index (χ4v) is 4.27. The third-order valence-corrected chi connectivity index (χ3v) is 6.13. The van der Waals surface area contributed by atoms with E-state index in [2.05, 4.69) is 15.2 Å². The summed E-state index contributed by atoms with van der Waals surface area (Å²) in [6.07, 6.45) is 0. The van der Waals surface area contributed by atoms with Gasteiger partial charge in [-0.3, -0.25) is 14.6 Å². The van der Waals surface area contributed by atoms with Gasteiger partial charge in [0.05, 0.1) is 26.2 Å². The topological polar surface area (TPSA) is 51.2 Å². The fraction of sp³-hybridized carbons (Fsp3) is 0.476. The van der Waals surface area contributed by atoms with Crippen LogP contribution in [0.4, 0.5) is 0 Å². The molecule has 0 spiro atoms. The van der Waals surface area contributed by atoms with Crippen LogP contribution in [-0.4, -0.2) is 63.1 Å². The highest BCUT2D eigenvalue weighted by atomic mass is 32.1. The molecular weight excluding hydrogens is 376 g/mol. The van der Waals surface area contributed by atoms with Gasteiger partial charge in [0.1, 0.15) is 5.75 Å². The third kappa shape index (κ3) is 4.84. The van der Waals surface area contributed by atoms with E-state index < -0.39 is 0 Å². The Bertz CT molecular complexity index is 813. The van der Waals surface area contributed by atoms with Gasteiger partial charge in [-0.05, 0) is 30.0 Å². The number of hydrogen-bond donors (Lipinski definition) is 0. The van der Waals surface area contributed by atoms with E-state index in [1.165, 1.54) is 16.9 Å². The standard InChI is InChI=1S/C21H28N2O4S/c1-15(24)21-9-16(14-28-21)12-22-5-7-23(8-6-22)13-17-10-19(26-3)20(27-4)11-18(17)25-2/h9-11,14H,5-8,12-13H2,1-4H3. The Morgan fingerprint density at radius 3 is 2.00 bits per heavy atom. The zero-order valence-corrected chi connectivity index (χ0v) is 17.8. The molecule has 28 heavy (non-hydrogen) atoms. The van der Waals surface area contributed by atoms with Crippen molar-refractivity contribution in [3.05, 3.63) is 39.6 Å². The van der Waals surface area contributed by atoms with E-state index in [1.54, 1.807) is 28.3 Å². The van der Waals surface area contributed by atoms with Crippen LogP contribution in [0.1, 0.15) is 27.7 Å². The van der Waals surface area contributed by atoms with Gasteiger partial charge in [-0.15, -0.1) is 11.3 Å². The third-order valence-electron chi connectivity index (χ3n) is 5.05. The van der Waals surface area contributed by atoms with Gasteiger partial charge in [0, 0.05) is 50.9 Å². The number of hydrogen-bond acceptors (Lipinski definition) is 7. The molecule has 0 bridgehead atoms. The van der Waals surface area contributed by atoms with Gasteiger partial charge < -0.3 is 14.2 Å². The minimum Gasteiger partial charge on any atom is -0.496 e. The molecule has 1 aliphatic heterocycles. The SMILES string of the molecule is COc1cc(OC)c(OC)cc1CN1CCN(Cc2csc(C(C)=O)c2)CC1. The number of rotatable bonds is 8. The minimum atomic E-state index is 0.143. The molecule has 1 aromatic carbocycles. The number of carbonyl (C=O) groups is 1. The first-order valence-electron chi connectivity index (χ1n) is 9.36. The average molecular weight is 405 g/mol. The predicted molar refractivity (Wildman–Crippen MR) is 111 cm³/mol. The first-order valence-corrected chi connectivity index (χ1v) is 10.2. The molecule has 3 rings (SSSR count). The summed E-state index contributed by atoms with van der Waals surface area (Å²) >= 11 is 1.54. The Labute approximate surface area is 170 Å². The molecule has 0 N–H and O–H groups in total. The summed E-state index contributed by atoms with van der Waals surface area (Å²) in [5, 5.41) is 2.09. The van der Waals surface area contributed by atoms with Gasteiger partial charge in [-0.2, -0.15) is 0 Å². The maximum absolute atomic E-state index is 11.5. The van der Waals surface area contributed by atoms with E-state index in [0.717, 1.165) is 61.2 Å². The molecule has 1 aromatic heterocycles. The van der Waals surface area contributed by atoms with Crippen molar-refractivity contribution in [3.8, 4) is 17.2 Å². The van der Waals surface area contributed by atoms with E-state index in [0.29, 0.717) is 5.75 Å². The van der Waals surface area contributed by atoms with E-state index in [4.69, 9.17) is 14.2 Å². The van der Waals surface area contributed by atoms with E-state index >= 15 is 0 Å². The Kier molecular flexibility index (Phi) is 6.93. The molecule has 0 saturated carbocycles. The van der Waals surface area contributed by atoms with Crippen molar-refractivity contribution in [2.75, 3.05) is 47.5 Å². The Morgan fingerprint density at radius 1 is 0.893 bits per heavy atom. The number of ether oxygens (including phenoxy) is 3. The van der Waals surface area contributed by atoms with Crippen molar-refractivity contribution in [3.63, 3.8) is 0 Å². The lowest BCUT2D eigenvalue weighted by Gasteiger charge is -2.34. The van der Waals surface area contributed by atoms with E-state index in [-0.39, 0.29) is 5.78 Å². The summed E-state index contributed by atoms with van der Waals surface area (Å²) < 4.78 is 16.4. The summed E-state index contributed by atoms with van der Waals surface area (Å²) in [6, 6.07) is 5.90. The fourth-order valence-electron chi connectivity index (χ4n) is 3.46. The highest BCUT2D eigenvalue weighted by Gasteiger charge is 2.20. The van der Waals surface area contributed by atoms with Crippen LogP contribution in [0.25, 0.3) is 0 Å². The highest BCUT2D eigenvalue weighted by molar-refractivity contribution is 7.12. The van der Waals surface area contributed by atoms with Crippen molar-refractivity contribution in [1.29, 1.82) is 0 Å². The predicted octanol–water partition coefficient (Wildman–Crippen LogP) is 3.29. The minimum absolute atomic E-state index is 0.143. The van der Waals surface area contributed by atoms with Gasteiger partial charge in [-0.25, -0.2) is 0 Å². The van der Waals surface area contributed by atoms with Gasteiger partial charge in [-0.1, -0.05) is 0 Å². The number of nitrogens with zero attached hydrogens (tertiary/aromatic N) is 2. The van der Waals surface area contributed by atoms with Crippen LogP contribution >= 0.6 is 11.3 Å². The zero-order valence-electron chi connectivity index (χ0n) is 17.0. The monoisotopic (exact) mass is 404 g/mol. The number of ketones is 1. The van der Waals surface area contributed by atoms with Crippen LogP contribution in [0, 0.1) is 0 Å². The Hall–Kier alpha value is -2.09. The van der Waals surface area contributed by atoms with Crippen LogP contribution in [0.2, 0.25) is 0 Å². The van der Waals surface area contributed by atoms with Gasteiger partial charge in [0.2, 0.25) is 0 Å². The number of carbonyl (C=O) groups excluding carboxylic acids is 1. The smallest absolute Gasteiger partial charge is 0.169 e. The van der Waals surface area contributed by atoms with Crippen molar-refractivity contribution in [2.24, 2.45) is 0 Å². The van der Waals surface area contributed by atoms with Crippen molar-refractivity contribution in [2.45, 2.75) is 20.0 Å². The Morgan fingerprint density at radius 2 is 1.46 bits per heavy atom. The van der Waals surface area contributed by atoms with Crippen LogP contribution in [-0.2, 0) is 13.1 Å². The summed E-state index contributed by atoms with van der Waals surface area (Å²) in [6.45, 7) is 7.31. The molecule has 0 unspecified atom stereocenters. The summed E-state index contributed by atoms with van der Waals surface area (Å²) in [5.41, 5.74) is 2.32. The molecular formula is C21H28N2O4S. The van der Waals surface area contributed by atoms with E-state index in [9.17, 15) is 4.79 Å². The lowest BCUT2D eigenvalue weighted by molar-refractivity contribution is 0.102. The average Bonchev–Trinajstić information content (AvgIpc) is 3.18. The molecule has 2 heterocycles. The molecule has 1 fully saturated rings. The molecule has 0 amide bonds. The zero-order chi connectivity index (χ0) is 20.1. The molecule has 1 saturated heterocycles. The normalized spacial score (nSPS) is 15.4. The second-order valence-electron chi connectivity index (χ2n) is 6.95. The molecule has 0 atom stereocenters. The molecule has 0 aliphatic carbocycles. The maximum atomic E-state index is 11.5. The number of thiophene rings is 1. The van der Waals surface area contributed by atoms with Crippen LogP contribution < -0.4 is 14.2 Å². The summed E-state index contributed by atoms with van der Waals surface area (Å²) in [4.78, 5) is 17.2. The number of Topliss-reactive ketones (excluding diaryl/α,β-unsaturated/α-hetero) is 1. The van der Waals surface area contributed by atoms with Crippen molar-refractivity contribution >= 4 is 17.1 Å². The summed E-state index contributed by atoms with van der Waals surface area (Å²) in [7, 11) is 4.96. The first-order chi connectivity index (χ1) is 13.5. The second-order valence-corrected chi connectivity index (χ2v) is 7.86. The van der Waals surface area contributed by atoms with Gasteiger partial charge >= 0.3 is 0 Å². The van der Waals surface area contributed by atoms with Gasteiger partial charge in [0.25, 0.3) is 0 Å². The number of piperazine rings is 1. The van der Waals surface area contributed by atoms with Gasteiger partial charge in [0.15, 0.2) is 17.3 Å². The number of benzene rings is 1. The lowest BCUT2D eigenvalue weighted by atomic mass is 10.1. The molecule has 1 aliphatic rings. The van der Waals surface area contributed by atoms with E-state index in [1.807, 2.05) is 18.2 Å². The summed E-state index contributed by atoms with van der Waals surface area (Å²) in [5.74, 6) is 2.35. The molecule has 152 valence electrons. The molecule has 6 nitrogen and oxygen atoms in total. The van der Waals surface area contributed by atoms with Crippen molar-refractivity contribution < 1.29 is 19.0 Å². The van der Waals surface area contributed by atoms with Crippen LogP contribution in [0.5, 0.6) is 17.2 Å². The molecule has 7 heteroatoms. The quantitative estimate of drug-likeness (QED) is 0.630. The highest BCUT2D eigenvalue weighted by Crippen LogP contribution is 2.35. The van der Waals surface area contributed by atoms with Crippen molar-refractivity contribution in [1.82, 2.24) is 9.80 Å². The Balaban J connectivity index is 1.58. The van der Waals surface area contributed by atoms with Crippen LogP contribution in [0.3, 0.4) is 0 Å². The second kappa shape index (κ2) is 9.41. The lowest BCUT2D eigenvalue weighted by Crippen LogP contribution is -2.45. The molecule has 2 aromatic rings. The largest absolute Gasteiger partial charge is 0.496 e. The van der Waals surface area contributed by atoms with Crippen LogP contribution in [0.15, 0.2) is 23.6 Å². The first kappa shape index (κ1) is 20.6. The maximum Gasteiger partial charge on any atom is 0.169 e. The number of methoxy groups -OCH3 is 3. The molecule has 0 radical (unpaired) electrons.